The molecule has 37 heavy (non-hydrogen) atoms. The third-order valence-corrected chi connectivity index (χ3v) is 5.81. The number of primary amides is 1. The summed E-state index contributed by atoms with van der Waals surface area (Å²) in [6, 6.07) is 8.39. The molecule has 2 atom stereocenters. The van der Waals surface area contributed by atoms with Gasteiger partial charge < -0.3 is 20.5 Å². The summed E-state index contributed by atoms with van der Waals surface area (Å²) in [7, 11) is 0. The molecule has 2 aromatic carbocycles. The van der Waals surface area contributed by atoms with E-state index in [0.29, 0.717) is 5.56 Å². The standard InChI is InChI=1S/C24H24N4O8S/c1-2-9-35-23(31)15-5-8-18(21(25)29)19(10-15)26-22(30)20-11-17(37)12-27(20)24(32)36-13-14-3-6-16(7-4-14)28(33)34/h2-8,10,17,20,37H,1,9,11-13H2,(H2,25,29)(H,26,30)/t17-,20-/m0/s1. The maximum absolute atomic E-state index is 13.1. The van der Waals surface area contributed by atoms with Gasteiger partial charge in [0.25, 0.3) is 11.6 Å². The van der Waals surface area contributed by atoms with Crippen LogP contribution in [0, 0.1) is 10.1 Å². The lowest BCUT2D eigenvalue weighted by atomic mass is 10.1. The van der Waals surface area contributed by atoms with E-state index in [9.17, 15) is 29.3 Å². The molecule has 0 radical (unpaired) electrons. The van der Waals surface area contributed by atoms with Crippen LogP contribution in [0.5, 0.6) is 0 Å². The number of esters is 1. The van der Waals surface area contributed by atoms with Gasteiger partial charge in [0.1, 0.15) is 19.3 Å². The molecular formula is C24H24N4O8S. The van der Waals surface area contributed by atoms with Crippen molar-refractivity contribution in [3.05, 3.63) is 81.9 Å². The number of anilines is 1. The molecule has 0 spiro atoms. The van der Waals surface area contributed by atoms with Gasteiger partial charge in [-0.25, -0.2) is 9.59 Å². The Morgan fingerprint density at radius 3 is 2.51 bits per heavy atom. The molecule has 3 rings (SSSR count). The minimum atomic E-state index is -0.982. The number of amides is 3. The van der Waals surface area contributed by atoms with Crippen LogP contribution in [0.3, 0.4) is 0 Å². The van der Waals surface area contributed by atoms with Crippen molar-refractivity contribution in [2.24, 2.45) is 5.73 Å². The van der Waals surface area contributed by atoms with Gasteiger partial charge in [-0.2, -0.15) is 12.6 Å². The van der Waals surface area contributed by atoms with Crippen molar-refractivity contribution in [1.29, 1.82) is 0 Å². The SMILES string of the molecule is C=CCOC(=O)c1ccc(C(N)=O)c(NC(=O)[C@@H]2C[C@H](S)CN2C(=O)OCc2ccc([N+](=O)[O-])cc2)c1. The molecule has 1 saturated heterocycles. The lowest BCUT2D eigenvalue weighted by Gasteiger charge is -2.23. The Hall–Kier alpha value is -4.39. The van der Waals surface area contributed by atoms with Gasteiger partial charge in [-0.05, 0) is 42.3 Å². The van der Waals surface area contributed by atoms with Crippen LogP contribution in [0.4, 0.5) is 16.2 Å². The van der Waals surface area contributed by atoms with Crippen molar-refractivity contribution in [1.82, 2.24) is 4.90 Å². The zero-order valence-corrected chi connectivity index (χ0v) is 20.4. The molecule has 0 aliphatic carbocycles. The fourth-order valence-electron chi connectivity index (χ4n) is 3.63. The Labute approximate surface area is 217 Å². The van der Waals surface area contributed by atoms with Crippen LogP contribution in [0.25, 0.3) is 0 Å². The quantitative estimate of drug-likeness (QED) is 0.147. The summed E-state index contributed by atoms with van der Waals surface area (Å²) in [4.78, 5) is 61.4. The minimum absolute atomic E-state index is 0.0210. The van der Waals surface area contributed by atoms with Crippen LogP contribution in [-0.2, 0) is 20.9 Å². The zero-order valence-electron chi connectivity index (χ0n) is 19.5. The summed E-state index contributed by atoms with van der Waals surface area (Å²) in [5.41, 5.74) is 5.84. The molecule has 3 N–H and O–H groups in total. The van der Waals surface area contributed by atoms with E-state index in [1.807, 2.05) is 0 Å². The fraction of sp³-hybridized carbons (Fsp3) is 0.250. The largest absolute Gasteiger partial charge is 0.458 e. The minimum Gasteiger partial charge on any atom is -0.458 e. The average molecular weight is 529 g/mol. The van der Waals surface area contributed by atoms with Crippen LogP contribution < -0.4 is 11.1 Å². The van der Waals surface area contributed by atoms with Gasteiger partial charge in [0.05, 0.1) is 21.7 Å². The Kier molecular flexibility index (Phi) is 8.85. The molecule has 1 aliphatic heterocycles. The lowest BCUT2D eigenvalue weighted by Crippen LogP contribution is -2.43. The topological polar surface area (TPSA) is 171 Å². The highest BCUT2D eigenvalue weighted by Crippen LogP contribution is 2.26. The molecule has 2 aromatic rings. The van der Waals surface area contributed by atoms with E-state index in [1.165, 1.54) is 53.4 Å². The summed E-state index contributed by atoms with van der Waals surface area (Å²) in [6.07, 6.45) is 0.808. The molecule has 0 aromatic heterocycles. The van der Waals surface area contributed by atoms with Crippen LogP contribution >= 0.6 is 12.6 Å². The summed E-state index contributed by atoms with van der Waals surface area (Å²) in [6.45, 7) is 3.39. The van der Waals surface area contributed by atoms with Gasteiger partial charge in [-0.1, -0.05) is 12.7 Å². The molecule has 3 amide bonds. The average Bonchev–Trinajstić information content (AvgIpc) is 3.27. The number of benzene rings is 2. The molecule has 1 fully saturated rings. The highest BCUT2D eigenvalue weighted by molar-refractivity contribution is 7.81. The lowest BCUT2D eigenvalue weighted by molar-refractivity contribution is -0.384. The van der Waals surface area contributed by atoms with E-state index in [2.05, 4.69) is 24.5 Å². The van der Waals surface area contributed by atoms with Crippen LogP contribution in [0.2, 0.25) is 0 Å². The molecular weight excluding hydrogens is 504 g/mol. The van der Waals surface area contributed by atoms with Crippen molar-refractivity contribution in [3.63, 3.8) is 0 Å². The Bertz CT molecular complexity index is 1230. The Morgan fingerprint density at radius 1 is 1.19 bits per heavy atom. The number of thiol groups is 1. The second-order valence-electron chi connectivity index (χ2n) is 8.04. The van der Waals surface area contributed by atoms with Gasteiger partial charge in [0, 0.05) is 23.9 Å². The highest BCUT2D eigenvalue weighted by Gasteiger charge is 2.39. The normalized spacial score (nSPS) is 16.5. The van der Waals surface area contributed by atoms with E-state index < -0.39 is 34.8 Å². The number of non-ortho nitro benzene ring substituents is 1. The van der Waals surface area contributed by atoms with Gasteiger partial charge in [0.2, 0.25) is 5.91 Å². The first-order chi connectivity index (χ1) is 17.6. The van der Waals surface area contributed by atoms with Crippen molar-refractivity contribution >= 4 is 47.9 Å². The molecule has 1 heterocycles. The first-order valence-electron chi connectivity index (χ1n) is 11.0. The summed E-state index contributed by atoms with van der Waals surface area (Å²) >= 11 is 4.39. The third-order valence-electron chi connectivity index (χ3n) is 5.44. The van der Waals surface area contributed by atoms with E-state index >= 15 is 0 Å². The maximum Gasteiger partial charge on any atom is 0.410 e. The van der Waals surface area contributed by atoms with Crippen LogP contribution in [-0.4, -0.2) is 58.1 Å². The number of carbonyl (C=O) groups is 4. The number of nitrogens with one attached hydrogen (secondary N) is 1. The van der Waals surface area contributed by atoms with Crippen molar-refractivity contribution in [2.75, 3.05) is 18.5 Å². The molecule has 0 saturated carbocycles. The smallest absolute Gasteiger partial charge is 0.410 e. The van der Waals surface area contributed by atoms with Crippen LogP contribution in [0.15, 0.2) is 55.1 Å². The molecule has 194 valence electrons. The second kappa shape index (κ2) is 12.0. The van der Waals surface area contributed by atoms with Crippen LogP contribution in [0.1, 0.15) is 32.7 Å². The Morgan fingerprint density at radius 2 is 1.89 bits per heavy atom. The van der Waals surface area contributed by atoms with Gasteiger partial charge >= 0.3 is 12.1 Å². The molecule has 13 heteroatoms. The van der Waals surface area contributed by atoms with Crippen molar-refractivity contribution < 1.29 is 33.6 Å². The number of nitro groups is 1. The first kappa shape index (κ1) is 27.2. The third kappa shape index (κ3) is 6.85. The molecule has 0 unspecified atom stereocenters. The second-order valence-corrected chi connectivity index (χ2v) is 8.77. The number of likely N-dealkylation sites (tertiary alicyclic amines) is 1. The number of nitrogens with two attached hydrogens (primary N) is 1. The van der Waals surface area contributed by atoms with E-state index in [4.69, 9.17) is 15.2 Å². The predicted octanol–water partition coefficient (Wildman–Crippen LogP) is 2.68. The van der Waals surface area contributed by atoms with E-state index in [-0.39, 0.29) is 53.9 Å². The predicted molar refractivity (Wildman–Crippen MR) is 135 cm³/mol. The van der Waals surface area contributed by atoms with E-state index in [1.54, 1.807) is 0 Å². The maximum atomic E-state index is 13.1. The fourth-order valence-corrected chi connectivity index (χ4v) is 4.01. The summed E-state index contributed by atoms with van der Waals surface area (Å²) < 4.78 is 10.3. The number of ether oxygens (including phenoxy) is 2. The summed E-state index contributed by atoms with van der Waals surface area (Å²) in [5, 5.41) is 13.0. The zero-order chi connectivity index (χ0) is 27.1. The highest BCUT2D eigenvalue weighted by atomic mass is 32.1. The van der Waals surface area contributed by atoms with E-state index in [0.717, 1.165) is 0 Å². The monoisotopic (exact) mass is 528 g/mol. The number of rotatable bonds is 9. The Balaban J connectivity index is 1.73. The first-order valence-corrected chi connectivity index (χ1v) is 11.5. The van der Waals surface area contributed by atoms with Gasteiger partial charge in [-0.3, -0.25) is 24.6 Å². The van der Waals surface area contributed by atoms with Crippen molar-refractivity contribution in [3.8, 4) is 0 Å². The number of hydrogen-bond acceptors (Lipinski definition) is 9. The van der Waals surface area contributed by atoms with Gasteiger partial charge in [0.15, 0.2) is 0 Å². The molecule has 1 aliphatic rings. The van der Waals surface area contributed by atoms with Gasteiger partial charge in [-0.15, -0.1) is 0 Å². The molecule has 0 bridgehead atoms. The van der Waals surface area contributed by atoms with Crippen molar-refractivity contribution in [2.45, 2.75) is 24.3 Å². The number of carbonyl (C=O) groups excluding carboxylic acids is 4. The molecule has 12 nitrogen and oxygen atoms in total. The summed E-state index contributed by atoms with van der Waals surface area (Å²) in [5.74, 6) is -2.17. The number of hydrogen-bond donors (Lipinski definition) is 3. The number of nitro benzene ring substituents is 1. The number of nitrogens with zero attached hydrogens (tertiary/aromatic N) is 2.